The molecule has 0 radical (unpaired) electrons. The second kappa shape index (κ2) is 9.94. The average Bonchev–Trinajstić information content (AvgIpc) is 2.53. The van der Waals surface area contributed by atoms with Crippen LogP contribution >= 0.6 is 0 Å². The first-order valence-electron chi connectivity index (χ1n) is 9.02. The van der Waals surface area contributed by atoms with Crippen molar-refractivity contribution in [1.82, 2.24) is 0 Å². The van der Waals surface area contributed by atoms with Crippen molar-refractivity contribution in [3.05, 3.63) is 0 Å². The molecule has 0 aromatic carbocycles. The highest BCUT2D eigenvalue weighted by Crippen LogP contribution is 2.38. The van der Waals surface area contributed by atoms with Crippen LogP contribution in [0.15, 0.2) is 0 Å². The first-order chi connectivity index (χ1) is 10.6. The molecule has 0 rings (SSSR count). The van der Waals surface area contributed by atoms with Crippen LogP contribution in [-0.4, -0.2) is 24.6 Å². The number of hydrogen-bond donors (Lipinski definition) is 0. The fourth-order valence-electron chi connectivity index (χ4n) is 2.64. The molecule has 0 N–H and O–H groups in total. The first-order valence-corrected chi connectivity index (χ1v) is 9.02. The van der Waals surface area contributed by atoms with Gasteiger partial charge in [0.15, 0.2) is 0 Å². The second-order valence-electron chi connectivity index (χ2n) is 7.23. The van der Waals surface area contributed by atoms with Crippen LogP contribution in [0.4, 0.5) is 0 Å². The van der Waals surface area contributed by atoms with E-state index in [1.165, 1.54) is 0 Å². The van der Waals surface area contributed by atoms with Crippen molar-refractivity contribution in [3.8, 4) is 0 Å². The van der Waals surface area contributed by atoms with E-state index in [2.05, 4.69) is 27.7 Å². The van der Waals surface area contributed by atoms with Gasteiger partial charge in [-0.3, -0.25) is 9.59 Å². The summed E-state index contributed by atoms with van der Waals surface area (Å²) in [6.45, 7) is 16.0. The molecule has 0 heterocycles. The van der Waals surface area contributed by atoms with Gasteiger partial charge in [0.2, 0.25) is 0 Å². The second-order valence-corrected chi connectivity index (χ2v) is 7.23. The summed E-state index contributed by atoms with van der Waals surface area (Å²) in [6, 6.07) is 0. The van der Waals surface area contributed by atoms with Gasteiger partial charge in [0.25, 0.3) is 0 Å². The molecule has 0 aliphatic heterocycles. The minimum atomic E-state index is -0.329. The van der Waals surface area contributed by atoms with Crippen molar-refractivity contribution in [2.75, 3.05) is 6.61 Å². The van der Waals surface area contributed by atoms with E-state index in [-0.39, 0.29) is 41.2 Å². The lowest BCUT2D eigenvalue weighted by Gasteiger charge is -2.41. The first kappa shape index (κ1) is 21.9. The summed E-state index contributed by atoms with van der Waals surface area (Å²) >= 11 is 0. The zero-order valence-electron chi connectivity index (χ0n) is 16.3. The molecule has 0 aliphatic rings. The molecular weight excluding hydrogens is 292 g/mol. The van der Waals surface area contributed by atoms with E-state index >= 15 is 0 Å². The fourth-order valence-corrected chi connectivity index (χ4v) is 2.64. The zero-order valence-corrected chi connectivity index (χ0v) is 16.3. The van der Waals surface area contributed by atoms with Crippen molar-refractivity contribution >= 4 is 11.9 Å². The molecule has 2 atom stereocenters. The monoisotopic (exact) mass is 328 g/mol. The molecule has 4 heteroatoms. The van der Waals surface area contributed by atoms with Crippen LogP contribution in [0.25, 0.3) is 0 Å². The Bertz CT molecular complexity index is 370. The molecule has 0 spiro atoms. The van der Waals surface area contributed by atoms with Gasteiger partial charge in [-0.1, -0.05) is 61.8 Å². The highest BCUT2D eigenvalue weighted by atomic mass is 16.6. The number of ether oxygens (including phenoxy) is 2. The Kier molecular flexibility index (Phi) is 9.48. The molecule has 4 nitrogen and oxygen atoms in total. The van der Waals surface area contributed by atoms with Crippen LogP contribution in [0.2, 0.25) is 0 Å². The molecule has 0 bridgehead atoms. The lowest BCUT2D eigenvalue weighted by atomic mass is 9.72. The Labute approximate surface area is 142 Å². The van der Waals surface area contributed by atoms with Gasteiger partial charge in [0, 0.05) is 5.41 Å². The summed E-state index contributed by atoms with van der Waals surface area (Å²) in [4.78, 5) is 24.1. The maximum absolute atomic E-state index is 12.2. The maximum Gasteiger partial charge on any atom is 0.308 e. The topological polar surface area (TPSA) is 52.6 Å². The van der Waals surface area contributed by atoms with E-state index in [0.717, 1.165) is 19.3 Å². The highest BCUT2D eigenvalue weighted by Gasteiger charge is 2.42. The zero-order chi connectivity index (χ0) is 18.2. The quantitative estimate of drug-likeness (QED) is 0.550. The Morgan fingerprint density at radius 1 is 0.870 bits per heavy atom. The number of carbonyl (C=O) groups is 2. The van der Waals surface area contributed by atoms with Gasteiger partial charge < -0.3 is 9.47 Å². The van der Waals surface area contributed by atoms with Crippen molar-refractivity contribution in [2.45, 2.75) is 80.8 Å². The maximum atomic E-state index is 12.2. The van der Waals surface area contributed by atoms with Gasteiger partial charge in [-0.2, -0.15) is 0 Å². The van der Waals surface area contributed by atoms with E-state index in [4.69, 9.17) is 9.47 Å². The molecule has 136 valence electrons. The van der Waals surface area contributed by atoms with Gasteiger partial charge in [-0.15, -0.1) is 0 Å². The van der Waals surface area contributed by atoms with E-state index < -0.39 is 0 Å². The minimum Gasteiger partial charge on any atom is -0.465 e. The van der Waals surface area contributed by atoms with Gasteiger partial charge >= 0.3 is 11.9 Å². The molecule has 23 heavy (non-hydrogen) atoms. The number of hydrogen-bond acceptors (Lipinski definition) is 4. The van der Waals surface area contributed by atoms with Crippen molar-refractivity contribution in [2.24, 2.45) is 23.2 Å². The van der Waals surface area contributed by atoms with Crippen LogP contribution in [0, 0.1) is 23.2 Å². The predicted molar refractivity (Wildman–Crippen MR) is 93.0 cm³/mol. The van der Waals surface area contributed by atoms with Crippen molar-refractivity contribution in [1.29, 1.82) is 0 Å². The molecular formula is C19H36O4. The van der Waals surface area contributed by atoms with Gasteiger partial charge in [0.1, 0.15) is 12.7 Å². The normalized spacial score (nSPS) is 14.7. The summed E-state index contributed by atoms with van der Waals surface area (Å²) in [7, 11) is 0. The van der Waals surface area contributed by atoms with Crippen molar-refractivity contribution in [3.63, 3.8) is 0 Å². The number of carbonyl (C=O) groups excluding carboxylic acids is 2. The lowest BCUT2D eigenvalue weighted by molar-refractivity contribution is -0.174. The standard InChI is InChI=1S/C19H36O4/c1-9-15(8)16(23-18(21)14(6)7)19(10-2,11-3)12-22-17(20)13(4)5/h13-16H,9-12H2,1-8H3. The predicted octanol–water partition coefficient (Wildman–Crippen LogP) is 4.61. The SMILES string of the molecule is CCC(C)C(OC(=O)C(C)C)C(CC)(CC)COC(=O)C(C)C. The molecule has 0 fully saturated rings. The number of esters is 2. The Morgan fingerprint density at radius 2 is 1.35 bits per heavy atom. The minimum absolute atomic E-state index is 0.151. The summed E-state index contributed by atoms with van der Waals surface area (Å²) in [6.07, 6.45) is 2.28. The molecule has 0 aromatic rings. The molecule has 0 saturated heterocycles. The summed E-state index contributed by atoms with van der Waals surface area (Å²) in [5.41, 5.74) is -0.329. The van der Waals surface area contributed by atoms with Gasteiger partial charge in [0.05, 0.1) is 11.8 Å². The Hall–Kier alpha value is -1.06. The average molecular weight is 328 g/mol. The van der Waals surface area contributed by atoms with E-state index in [1.54, 1.807) is 0 Å². The van der Waals surface area contributed by atoms with Gasteiger partial charge in [-0.25, -0.2) is 0 Å². The molecule has 2 unspecified atom stereocenters. The third-order valence-corrected chi connectivity index (χ3v) is 4.86. The third-order valence-electron chi connectivity index (χ3n) is 4.86. The van der Waals surface area contributed by atoms with Crippen LogP contribution in [-0.2, 0) is 19.1 Å². The van der Waals surface area contributed by atoms with Crippen molar-refractivity contribution < 1.29 is 19.1 Å². The third kappa shape index (κ3) is 6.15. The van der Waals surface area contributed by atoms with Crippen LogP contribution in [0.1, 0.15) is 74.7 Å². The molecule has 0 saturated carbocycles. The van der Waals surface area contributed by atoms with E-state index in [9.17, 15) is 9.59 Å². The molecule has 0 amide bonds. The van der Waals surface area contributed by atoms with E-state index in [0.29, 0.717) is 6.61 Å². The van der Waals surface area contributed by atoms with Crippen LogP contribution < -0.4 is 0 Å². The summed E-state index contributed by atoms with van der Waals surface area (Å²) in [5, 5.41) is 0. The summed E-state index contributed by atoms with van der Waals surface area (Å²) in [5.74, 6) is -0.477. The molecule has 0 aliphatic carbocycles. The smallest absolute Gasteiger partial charge is 0.308 e. The number of rotatable bonds is 10. The fraction of sp³-hybridized carbons (Fsp3) is 0.895. The Morgan fingerprint density at radius 3 is 1.70 bits per heavy atom. The largest absolute Gasteiger partial charge is 0.465 e. The van der Waals surface area contributed by atoms with E-state index in [1.807, 2.05) is 27.7 Å². The van der Waals surface area contributed by atoms with Crippen LogP contribution in [0.3, 0.4) is 0 Å². The van der Waals surface area contributed by atoms with Gasteiger partial charge in [-0.05, 0) is 18.8 Å². The summed E-state index contributed by atoms with van der Waals surface area (Å²) < 4.78 is 11.4. The highest BCUT2D eigenvalue weighted by molar-refractivity contribution is 5.72. The molecule has 0 aromatic heterocycles. The lowest BCUT2D eigenvalue weighted by Crippen LogP contribution is -2.46. The Balaban J connectivity index is 5.40. The van der Waals surface area contributed by atoms with Crippen LogP contribution in [0.5, 0.6) is 0 Å².